The van der Waals surface area contributed by atoms with Gasteiger partial charge in [0.15, 0.2) is 0 Å². The average Bonchev–Trinajstić information content (AvgIpc) is 2.86. The molecule has 0 unspecified atom stereocenters. The number of amides is 1. The number of nitrogens with one attached hydrogen (secondary N) is 1. The zero-order valence-corrected chi connectivity index (χ0v) is 12.1. The summed E-state index contributed by atoms with van der Waals surface area (Å²) in [6, 6.07) is 7.72. The van der Waals surface area contributed by atoms with Crippen molar-refractivity contribution in [3.63, 3.8) is 0 Å². The number of carbonyl (C=O) groups is 1. The van der Waals surface area contributed by atoms with Crippen LogP contribution in [0, 0.1) is 6.92 Å². The predicted octanol–water partition coefficient (Wildman–Crippen LogP) is 3.65. The summed E-state index contributed by atoms with van der Waals surface area (Å²) < 4.78 is 0. The van der Waals surface area contributed by atoms with Crippen molar-refractivity contribution in [1.29, 1.82) is 0 Å². The first-order chi connectivity index (χ1) is 9.20. The van der Waals surface area contributed by atoms with Gasteiger partial charge in [0, 0.05) is 23.2 Å². The molecule has 3 nitrogen and oxygen atoms in total. The van der Waals surface area contributed by atoms with E-state index in [4.69, 9.17) is 0 Å². The highest BCUT2D eigenvalue weighted by Gasteiger charge is 2.08. The van der Waals surface area contributed by atoms with Crippen LogP contribution in [0.15, 0.2) is 30.5 Å². The quantitative estimate of drug-likeness (QED) is 0.846. The van der Waals surface area contributed by atoms with Crippen LogP contribution in [-0.2, 0) is 0 Å². The van der Waals surface area contributed by atoms with Crippen LogP contribution < -0.4 is 5.32 Å². The lowest BCUT2D eigenvalue weighted by molar-refractivity contribution is 0.0953. The van der Waals surface area contributed by atoms with Gasteiger partial charge in [0.2, 0.25) is 0 Å². The molecule has 0 aromatic carbocycles. The molecule has 19 heavy (non-hydrogen) atoms. The lowest BCUT2D eigenvalue weighted by Gasteiger charge is -2.05. The normalized spacial score (nSPS) is 10.4. The van der Waals surface area contributed by atoms with Crippen molar-refractivity contribution in [2.45, 2.75) is 26.7 Å². The van der Waals surface area contributed by atoms with E-state index >= 15 is 0 Å². The third-order valence-corrected chi connectivity index (χ3v) is 3.85. The minimum absolute atomic E-state index is 0.0228. The fraction of sp³-hybridized carbons (Fsp3) is 0.333. The molecule has 2 heterocycles. The van der Waals surface area contributed by atoms with Crippen molar-refractivity contribution in [1.82, 2.24) is 10.3 Å². The van der Waals surface area contributed by atoms with Gasteiger partial charge in [-0.15, -0.1) is 11.3 Å². The molecule has 0 spiro atoms. The Kier molecular flexibility index (Phi) is 4.68. The van der Waals surface area contributed by atoms with Crippen molar-refractivity contribution in [3.05, 3.63) is 40.9 Å². The fourth-order valence-corrected chi connectivity index (χ4v) is 2.59. The highest BCUT2D eigenvalue weighted by molar-refractivity contribution is 7.15. The number of unbranched alkanes of at least 4 members (excludes halogenated alkanes) is 1. The van der Waals surface area contributed by atoms with Crippen LogP contribution in [0.1, 0.15) is 35.0 Å². The third kappa shape index (κ3) is 3.64. The van der Waals surface area contributed by atoms with Crippen LogP contribution in [0.25, 0.3) is 10.6 Å². The molecular weight excluding hydrogens is 256 g/mol. The van der Waals surface area contributed by atoms with Crippen LogP contribution in [-0.4, -0.2) is 17.4 Å². The Hall–Kier alpha value is -1.68. The second-order valence-electron chi connectivity index (χ2n) is 4.45. The zero-order chi connectivity index (χ0) is 13.7. The largest absolute Gasteiger partial charge is 0.352 e. The van der Waals surface area contributed by atoms with Gasteiger partial charge in [-0.2, -0.15) is 0 Å². The summed E-state index contributed by atoms with van der Waals surface area (Å²) in [5, 5.41) is 2.92. The van der Waals surface area contributed by atoms with Crippen molar-refractivity contribution < 1.29 is 4.79 Å². The molecule has 1 N–H and O–H groups in total. The van der Waals surface area contributed by atoms with E-state index in [0.717, 1.165) is 30.0 Å². The summed E-state index contributed by atoms with van der Waals surface area (Å²) in [6.07, 6.45) is 3.78. The standard InChI is InChI=1S/C15H18N2OS/c1-3-4-8-17-15(18)12-7-9-16-13(10-12)14-6-5-11(2)19-14/h5-7,9-10H,3-4,8H2,1-2H3,(H,17,18). The van der Waals surface area contributed by atoms with E-state index in [2.05, 4.69) is 30.2 Å². The summed E-state index contributed by atoms with van der Waals surface area (Å²) >= 11 is 1.69. The molecule has 0 saturated heterocycles. The average molecular weight is 274 g/mol. The number of aryl methyl sites for hydroxylation is 1. The Morgan fingerprint density at radius 3 is 2.89 bits per heavy atom. The van der Waals surface area contributed by atoms with Gasteiger partial charge in [-0.05, 0) is 37.6 Å². The maximum absolute atomic E-state index is 12.0. The van der Waals surface area contributed by atoms with Crippen LogP contribution in [0.5, 0.6) is 0 Å². The van der Waals surface area contributed by atoms with Gasteiger partial charge in [-0.3, -0.25) is 9.78 Å². The summed E-state index contributed by atoms with van der Waals surface area (Å²) in [5.74, 6) is -0.0228. The lowest BCUT2D eigenvalue weighted by atomic mass is 10.2. The van der Waals surface area contributed by atoms with E-state index in [1.165, 1.54) is 4.88 Å². The van der Waals surface area contributed by atoms with E-state index < -0.39 is 0 Å². The molecule has 0 aliphatic rings. The number of nitrogens with zero attached hydrogens (tertiary/aromatic N) is 1. The van der Waals surface area contributed by atoms with E-state index in [9.17, 15) is 4.79 Å². The Labute approximate surface area is 117 Å². The summed E-state index contributed by atoms with van der Waals surface area (Å²) in [4.78, 5) is 18.6. The molecule has 0 radical (unpaired) electrons. The number of hydrogen-bond acceptors (Lipinski definition) is 3. The van der Waals surface area contributed by atoms with E-state index in [-0.39, 0.29) is 5.91 Å². The molecule has 0 aliphatic carbocycles. The number of hydrogen-bond donors (Lipinski definition) is 1. The van der Waals surface area contributed by atoms with Gasteiger partial charge in [0.05, 0.1) is 10.6 Å². The Morgan fingerprint density at radius 2 is 2.21 bits per heavy atom. The van der Waals surface area contributed by atoms with Gasteiger partial charge in [-0.25, -0.2) is 0 Å². The van der Waals surface area contributed by atoms with E-state index in [0.29, 0.717) is 5.56 Å². The number of carbonyl (C=O) groups excluding carboxylic acids is 1. The van der Waals surface area contributed by atoms with E-state index in [1.807, 2.05) is 12.1 Å². The molecule has 1 amide bonds. The third-order valence-electron chi connectivity index (χ3n) is 2.83. The molecular formula is C15H18N2OS. The first-order valence-electron chi connectivity index (χ1n) is 6.51. The van der Waals surface area contributed by atoms with Crippen molar-refractivity contribution in [3.8, 4) is 10.6 Å². The molecule has 0 aliphatic heterocycles. The zero-order valence-electron chi connectivity index (χ0n) is 11.3. The number of aromatic nitrogens is 1. The van der Waals surface area contributed by atoms with E-state index in [1.54, 1.807) is 23.6 Å². The molecule has 100 valence electrons. The number of pyridine rings is 1. The highest BCUT2D eigenvalue weighted by atomic mass is 32.1. The molecule has 0 saturated carbocycles. The minimum Gasteiger partial charge on any atom is -0.352 e. The Morgan fingerprint density at radius 1 is 1.37 bits per heavy atom. The van der Waals surface area contributed by atoms with Gasteiger partial charge < -0.3 is 5.32 Å². The molecule has 2 rings (SSSR count). The Bertz CT molecular complexity index is 563. The SMILES string of the molecule is CCCCNC(=O)c1ccnc(-c2ccc(C)s2)c1. The van der Waals surface area contributed by atoms with Crippen molar-refractivity contribution in [2.75, 3.05) is 6.54 Å². The summed E-state index contributed by atoms with van der Waals surface area (Å²) in [7, 11) is 0. The topological polar surface area (TPSA) is 42.0 Å². The van der Waals surface area contributed by atoms with Crippen LogP contribution in [0.3, 0.4) is 0 Å². The van der Waals surface area contributed by atoms with Crippen LogP contribution in [0.4, 0.5) is 0 Å². The summed E-state index contributed by atoms with van der Waals surface area (Å²) in [6.45, 7) is 4.90. The maximum atomic E-state index is 12.0. The van der Waals surface area contributed by atoms with Crippen LogP contribution >= 0.6 is 11.3 Å². The molecule has 2 aromatic heterocycles. The lowest BCUT2D eigenvalue weighted by Crippen LogP contribution is -2.24. The molecule has 0 atom stereocenters. The fourth-order valence-electron chi connectivity index (χ4n) is 1.76. The van der Waals surface area contributed by atoms with Crippen molar-refractivity contribution >= 4 is 17.2 Å². The number of rotatable bonds is 5. The van der Waals surface area contributed by atoms with Gasteiger partial charge in [-0.1, -0.05) is 13.3 Å². The Balaban J connectivity index is 2.13. The smallest absolute Gasteiger partial charge is 0.251 e. The number of thiophene rings is 1. The van der Waals surface area contributed by atoms with Crippen molar-refractivity contribution in [2.24, 2.45) is 0 Å². The monoisotopic (exact) mass is 274 g/mol. The highest BCUT2D eigenvalue weighted by Crippen LogP contribution is 2.26. The predicted molar refractivity (Wildman–Crippen MR) is 79.5 cm³/mol. The molecule has 4 heteroatoms. The van der Waals surface area contributed by atoms with Crippen LogP contribution in [0.2, 0.25) is 0 Å². The molecule has 2 aromatic rings. The second kappa shape index (κ2) is 6.48. The summed E-state index contributed by atoms with van der Waals surface area (Å²) in [5.41, 5.74) is 1.54. The molecule has 0 fully saturated rings. The van der Waals surface area contributed by atoms with Gasteiger partial charge in [0.1, 0.15) is 0 Å². The van der Waals surface area contributed by atoms with Gasteiger partial charge >= 0.3 is 0 Å². The van der Waals surface area contributed by atoms with Gasteiger partial charge in [0.25, 0.3) is 5.91 Å². The maximum Gasteiger partial charge on any atom is 0.251 e. The second-order valence-corrected chi connectivity index (χ2v) is 5.74. The minimum atomic E-state index is -0.0228. The first-order valence-corrected chi connectivity index (χ1v) is 7.33. The molecule has 0 bridgehead atoms. The first kappa shape index (κ1) is 13.7.